The first-order valence-electron chi connectivity index (χ1n) is 8.37. The number of alkyl halides is 3. The zero-order valence-corrected chi connectivity index (χ0v) is 16.6. The fraction of sp³-hybridized carbons (Fsp3) is 0.278. The molecule has 0 spiro atoms. The van der Waals surface area contributed by atoms with Gasteiger partial charge in [0.15, 0.2) is 5.16 Å². The molecule has 0 aliphatic heterocycles. The van der Waals surface area contributed by atoms with Crippen LogP contribution in [0.15, 0.2) is 56.9 Å². The quantitative estimate of drug-likeness (QED) is 0.300. The maximum atomic E-state index is 12.9. The van der Waals surface area contributed by atoms with E-state index in [9.17, 15) is 22.8 Å². The highest BCUT2D eigenvalue weighted by Crippen LogP contribution is 2.23. The number of carbonyl (C=O) groups is 1. The van der Waals surface area contributed by atoms with E-state index in [1.807, 2.05) is 0 Å². The van der Waals surface area contributed by atoms with Gasteiger partial charge in [0.05, 0.1) is 23.9 Å². The van der Waals surface area contributed by atoms with E-state index in [0.29, 0.717) is 15.1 Å². The fourth-order valence-electron chi connectivity index (χ4n) is 2.59. The molecule has 0 aliphatic rings. The maximum Gasteiger partial charge on any atom is 0.406 e. The smallest absolute Gasteiger partial charge is 0.406 e. The van der Waals surface area contributed by atoms with Crippen LogP contribution in [0.25, 0.3) is 10.2 Å². The first-order valence-corrected chi connectivity index (χ1v) is 10.2. The van der Waals surface area contributed by atoms with Gasteiger partial charge in [-0.05, 0) is 23.6 Å². The zero-order valence-electron chi connectivity index (χ0n) is 15.0. The number of carbonyl (C=O) groups excluding carboxylic acids is 1. The van der Waals surface area contributed by atoms with E-state index in [-0.39, 0.29) is 35.3 Å². The van der Waals surface area contributed by atoms with Crippen LogP contribution in [0.5, 0.6) is 0 Å². The molecule has 29 heavy (non-hydrogen) atoms. The van der Waals surface area contributed by atoms with Crippen molar-refractivity contribution in [1.82, 2.24) is 14.5 Å². The highest BCUT2D eigenvalue weighted by atomic mass is 32.2. The molecule has 0 unspecified atom stereocenters. The predicted octanol–water partition coefficient (Wildman–Crippen LogP) is 3.92. The number of thiophene rings is 1. The molecule has 1 amide bonds. The highest BCUT2D eigenvalue weighted by molar-refractivity contribution is 7.99. The van der Waals surface area contributed by atoms with E-state index in [1.54, 1.807) is 11.4 Å². The van der Waals surface area contributed by atoms with Crippen LogP contribution in [0.3, 0.4) is 0 Å². The molecule has 6 nitrogen and oxygen atoms in total. The number of allylic oxidation sites excluding steroid dienone is 1. The zero-order chi connectivity index (χ0) is 21.0. The summed E-state index contributed by atoms with van der Waals surface area (Å²) in [6, 6.07) is 4.69. The molecule has 0 atom stereocenters. The summed E-state index contributed by atoms with van der Waals surface area (Å²) < 4.78 is 45.2. The second-order valence-corrected chi connectivity index (χ2v) is 7.81. The van der Waals surface area contributed by atoms with E-state index in [2.05, 4.69) is 11.6 Å². The average Bonchev–Trinajstić information content (AvgIpc) is 3.32. The van der Waals surface area contributed by atoms with Crippen LogP contribution in [0.4, 0.5) is 13.2 Å². The Morgan fingerprint density at radius 3 is 2.86 bits per heavy atom. The minimum absolute atomic E-state index is 0.173. The summed E-state index contributed by atoms with van der Waals surface area (Å²) in [6.45, 7) is 2.08. The van der Waals surface area contributed by atoms with Gasteiger partial charge in [-0.25, -0.2) is 4.98 Å². The lowest BCUT2D eigenvalue weighted by Gasteiger charge is -2.23. The number of nitrogens with zero attached hydrogens (tertiary/aromatic N) is 3. The largest absolute Gasteiger partial charge is 0.467 e. The van der Waals surface area contributed by atoms with Crippen molar-refractivity contribution in [3.8, 4) is 0 Å². The molecule has 0 radical (unpaired) electrons. The molecule has 3 heterocycles. The topological polar surface area (TPSA) is 68.3 Å². The molecule has 3 aromatic rings. The molecular weight excluding hydrogens is 427 g/mol. The first kappa shape index (κ1) is 21.2. The van der Waals surface area contributed by atoms with Crippen molar-refractivity contribution < 1.29 is 22.4 Å². The summed E-state index contributed by atoms with van der Waals surface area (Å²) >= 11 is 2.19. The van der Waals surface area contributed by atoms with Crippen molar-refractivity contribution >= 4 is 39.2 Å². The molecular formula is C18H16F3N3O3S2. The third-order valence-electron chi connectivity index (χ3n) is 3.83. The summed E-state index contributed by atoms with van der Waals surface area (Å²) in [4.78, 5) is 30.7. The Balaban J connectivity index is 1.80. The first-order chi connectivity index (χ1) is 13.8. The van der Waals surface area contributed by atoms with Crippen LogP contribution in [0, 0.1) is 0 Å². The number of hydrogen-bond acceptors (Lipinski definition) is 6. The second kappa shape index (κ2) is 8.87. The van der Waals surface area contributed by atoms with Gasteiger partial charge in [0, 0.05) is 6.54 Å². The van der Waals surface area contributed by atoms with Crippen molar-refractivity contribution in [2.45, 2.75) is 24.4 Å². The van der Waals surface area contributed by atoms with E-state index in [4.69, 9.17) is 4.42 Å². The Morgan fingerprint density at radius 1 is 1.41 bits per heavy atom. The molecule has 3 aromatic heterocycles. The lowest BCUT2D eigenvalue weighted by molar-refractivity contribution is -0.161. The molecule has 0 aliphatic carbocycles. The van der Waals surface area contributed by atoms with Gasteiger partial charge in [-0.3, -0.25) is 14.2 Å². The third-order valence-corrected chi connectivity index (χ3v) is 5.60. The van der Waals surface area contributed by atoms with Crippen molar-refractivity contribution in [3.05, 3.63) is 58.6 Å². The summed E-state index contributed by atoms with van der Waals surface area (Å²) in [6.07, 6.45) is -1.71. The van der Waals surface area contributed by atoms with Crippen LogP contribution in [-0.4, -0.2) is 38.8 Å². The van der Waals surface area contributed by atoms with E-state index >= 15 is 0 Å². The van der Waals surface area contributed by atoms with E-state index in [1.165, 1.54) is 40.4 Å². The minimum Gasteiger partial charge on any atom is -0.467 e. The van der Waals surface area contributed by atoms with Gasteiger partial charge in [0.25, 0.3) is 5.56 Å². The Kier molecular flexibility index (Phi) is 6.48. The number of thioether (sulfide) groups is 1. The van der Waals surface area contributed by atoms with E-state index in [0.717, 1.165) is 11.8 Å². The SMILES string of the molecule is C=CCn1c(SCC(=O)N(Cc2ccco2)CC(F)(F)F)nc2sccc2c1=O. The maximum absolute atomic E-state index is 12.9. The van der Waals surface area contributed by atoms with Crippen LogP contribution >= 0.6 is 23.1 Å². The molecule has 0 N–H and O–H groups in total. The molecule has 0 fully saturated rings. The highest BCUT2D eigenvalue weighted by Gasteiger charge is 2.33. The Labute approximate surface area is 171 Å². The number of rotatable bonds is 8. The van der Waals surface area contributed by atoms with Crippen molar-refractivity contribution in [2.75, 3.05) is 12.3 Å². The number of aromatic nitrogens is 2. The number of fused-ring (bicyclic) bond motifs is 1. The Morgan fingerprint density at radius 2 is 2.21 bits per heavy atom. The summed E-state index contributed by atoms with van der Waals surface area (Å²) in [5.41, 5.74) is -0.283. The third kappa shape index (κ3) is 5.30. The number of furan rings is 1. The molecule has 0 saturated carbocycles. The molecule has 0 saturated heterocycles. The molecule has 3 rings (SSSR count). The van der Waals surface area contributed by atoms with Gasteiger partial charge in [0.2, 0.25) is 5.91 Å². The summed E-state index contributed by atoms with van der Waals surface area (Å²) in [5, 5.41) is 2.43. The van der Waals surface area contributed by atoms with Gasteiger partial charge in [-0.1, -0.05) is 17.8 Å². The van der Waals surface area contributed by atoms with Crippen LogP contribution in [0.1, 0.15) is 5.76 Å². The van der Waals surface area contributed by atoms with Crippen molar-refractivity contribution in [2.24, 2.45) is 0 Å². The van der Waals surface area contributed by atoms with Gasteiger partial charge in [-0.15, -0.1) is 17.9 Å². The fourth-order valence-corrected chi connectivity index (χ4v) is 4.30. The van der Waals surface area contributed by atoms with Gasteiger partial charge < -0.3 is 9.32 Å². The number of hydrogen-bond donors (Lipinski definition) is 0. The van der Waals surface area contributed by atoms with E-state index < -0.39 is 18.6 Å². The number of amides is 1. The monoisotopic (exact) mass is 443 g/mol. The minimum atomic E-state index is -4.55. The number of halogens is 3. The van der Waals surface area contributed by atoms with Gasteiger partial charge in [0.1, 0.15) is 17.1 Å². The summed E-state index contributed by atoms with van der Waals surface area (Å²) in [7, 11) is 0. The molecule has 154 valence electrons. The van der Waals surface area contributed by atoms with Crippen molar-refractivity contribution in [1.29, 1.82) is 0 Å². The molecule has 0 aromatic carbocycles. The average molecular weight is 443 g/mol. The lowest BCUT2D eigenvalue weighted by atomic mass is 10.3. The van der Waals surface area contributed by atoms with Crippen LogP contribution < -0.4 is 5.56 Å². The van der Waals surface area contributed by atoms with Crippen LogP contribution in [-0.2, 0) is 17.9 Å². The Hall–Kier alpha value is -2.53. The van der Waals surface area contributed by atoms with Gasteiger partial charge in [-0.2, -0.15) is 13.2 Å². The Bertz CT molecular complexity index is 1060. The predicted molar refractivity (Wildman–Crippen MR) is 105 cm³/mol. The second-order valence-electron chi connectivity index (χ2n) is 5.97. The molecule has 0 bridgehead atoms. The van der Waals surface area contributed by atoms with Gasteiger partial charge >= 0.3 is 6.18 Å². The molecule has 11 heteroatoms. The summed E-state index contributed by atoms with van der Waals surface area (Å²) in [5.74, 6) is -0.805. The van der Waals surface area contributed by atoms with Crippen LogP contribution in [0.2, 0.25) is 0 Å². The lowest BCUT2D eigenvalue weighted by Crippen LogP contribution is -2.39. The normalized spacial score (nSPS) is 11.7. The standard InChI is InChI=1S/C18H16F3N3O3S2/c1-2-6-24-16(26)13-5-8-28-15(13)22-17(24)29-10-14(25)23(11-18(19,20)21)9-12-4-3-7-27-12/h2-5,7-8H,1,6,9-11H2. The van der Waals surface area contributed by atoms with Crippen molar-refractivity contribution in [3.63, 3.8) is 0 Å².